The maximum absolute atomic E-state index is 10.9. The zero-order valence-corrected chi connectivity index (χ0v) is 10.3. The van der Waals surface area contributed by atoms with Gasteiger partial charge in [-0.1, -0.05) is 12.1 Å². The van der Waals surface area contributed by atoms with E-state index in [0.29, 0.717) is 0 Å². The van der Waals surface area contributed by atoms with Crippen LogP contribution in [0.3, 0.4) is 0 Å². The van der Waals surface area contributed by atoms with Gasteiger partial charge in [-0.15, -0.1) is 0 Å². The van der Waals surface area contributed by atoms with Crippen LogP contribution in [0.4, 0.5) is 0 Å². The third kappa shape index (κ3) is 4.87. The number of nitrogens with two attached hydrogens (primary N) is 1. The van der Waals surface area contributed by atoms with E-state index in [4.69, 9.17) is 10.8 Å². The maximum Gasteiger partial charge on any atom is 0.234 e. The third-order valence-corrected chi connectivity index (χ3v) is 2.76. The molecule has 1 amide bonds. The minimum atomic E-state index is -0.332. The molecule has 2 unspecified atom stereocenters. The van der Waals surface area contributed by atoms with E-state index in [1.165, 1.54) is 5.56 Å². The molecular weight excluding hydrogens is 216 g/mol. The van der Waals surface area contributed by atoms with Crippen molar-refractivity contribution in [3.8, 4) is 5.75 Å². The number of rotatable bonds is 6. The number of benzene rings is 1. The predicted octanol–water partition coefficient (Wildman–Crippen LogP) is 1.18. The zero-order valence-electron chi connectivity index (χ0n) is 10.3. The topological polar surface area (TPSA) is 75.3 Å². The highest BCUT2D eigenvalue weighted by Crippen LogP contribution is 2.11. The number of amides is 1. The summed E-state index contributed by atoms with van der Waals surface area (Å²) in [5.74, 6) is -0.0521. The quantitative estimate of drug-likeness (QED) is 0.694. The van der Waals surface area contributed by atoms with Crippen molar-refractivity contribution < 1.29 is 9.90 Å². The zero-order chi connectivity index (χ0) is 12.8. The van der Waals surface area contributed by atoms with E-state index in [-0.39, 0.29) is 23.7 Å². The van der Waals surface area contributed by atoms with Crippen LogP contribution in [0, 0.1) is 0 Å². The summed E-state index contributed by atoms with van der Waals surface area (Å²) in [7, 11) is 0. The van der Waals surface area contributed by atoms with Crippen LogP contribution in [0.5, 0.6) is 5.75 Å². The number of primary amides is 1. The summed E-state index contributed by atoms with van der Waals surface area (Å²) in [5, 5.41) is 12.3. The van der Waals surface area contributed by atoms with Crippen molar-refractivity contribution >= 4 is 5.91 Å². The molecule has 0 heterocycles. The van der Waals surface area contributed by atoms with Gasteiger partial charge < -0.3 is 16.2 Å². The molecule has 0 saturated carbocycles. The van der Waals surface area contributed by atoms with Crippen molar-refractivity contribution in [2.24, 2.45) is 5.73 Å². The number of carbonyl (C=O) groups excluding carboxylic acids is 1. The van der Waals surface area contributed by atoms with Gasteiger partial charge in [-0.2, -0.15) is 0 Å². The highest BCUT2D eigenvalue weighted by atomic mass is 16.3. The standard InChI is InChI=1S/C13H20N2O2/c1-9(15-10(2)13(14)17)3-4-11-5-7-12(16)8-6-11/h5-10,15-16H,3-4H2,1-2H3,(H2,14,17). The first kappa shape index (κ1) is 13.5. The van der Waals surface area contributed by atoms with Gasteiger partial charge in [-0.3, -0.25) is 4.79 Å². The molecule has 0 radical (unpaired) electrons. The van der Waals surface area contributed by atoms with E-state index in [2.05, 4.69) is 5.32 Å². The van der Waals surface area contributed by atoms with Crippen molar-refractivity contribution in [2.75, 3.05) is 0 Å². The van der Waals surface area contributed by atoms with E-state index in [1.807, 2.05) is 19.1 Å². The van der Waals surface area contributed by atoms with Gasteiger partial charge in [0.05, 0.1) is 6.04 Å². The van der Waals surface area contributed by atoms with Crippen molar-refractivity contribution in [1.82, 2.24) is 5.32 Å². The van der Waals surface area contributed by atoms with Gasteiger partial charge in [0, 0.05) is 6.04 Å². The van der Waals surface area contributed by atoms with Crippen LogP contribution < -0.4 is 11.1 Å². The monoisotopic (exact) mass is 236 g/mol. The van der Waals surface area contributed by atoms with Gasteiger partial charge >= 0.3 is 0 Å². The van der Waals surface area contributed by atoms with E-state index < -0.39 is 0 Å². The first-order chi connectivity index (χ1) is 7.99. The minimum Gasteiger partial charge on any atom is -0.508 e. The average Bonchev–Trinajstić information content (AvgIpc) is 2.28. The molecule has 4 nitrogen and oxygen atoms in total. The first-order valence-electron chi connectivity index (χ1n) is 5.82. The molecule has 0 fully saturated rings. The lowest BCUT2D eigenvalue weighted by Crippen LogP contribution is -2.43. The smallest absolute Gasteiger partial charge is 0.234 e. The van der Waals surface area contributed by atoms with Crippen LogP contribution in [0.15, 0.2) is 24.3 Å². The lowest BCUT2D eigenvalue weighted by molar-refractivity contribution is -0.119. The Balaban J connectivity index is 2.35. The van der Waals surface area contributed by atoms with Gasteiger partial charge in [0.15, 0.2) is 0 Å². The van der Waals surface area contributed by atoms with Crippen LogP contribution in [0.1, 0.15) is 25.8 Å². The molecular formula is C13H20N2O2. The molecule has 94 valence electrons. The highest BCUT2D eigenvalue weighted by Gasteiger charge is 2.11. The van der Waals surface area contributed by atoms with Crippen molar-refractivity contribution in [2.45, 2.75) is 38.8 Å². The summed E-state index contributed by atoms with van der Waals surface area (Å²) in [5.41, 5.74) is 6.35. The summed E-state index contributed by atoms with van der Waals surface area (Å²) < 4.78 is 0. The third-order valence-electron chi connectivity index (χ3n) is 2.76. The van der Waals surface area contributed by atoms with Crippen molar-refractivity contribution in [3.05, 3.63) is 29.8 Å². The number of phenols is 1. The Bertz CT molecular complexity index is 362. The molecule has 1 aromatic rings. The number of phenolic OH excluding ortho intramolecular Hbond substituents is 1. The second-order valence-corrected chi connectivity index (χ2v) is 4.40. The molecule has 0 aliphatic rings. The Morgan fingerprint density at radius 2 is 1.94 bits per heavy atom. The largest absolute Gasteiger partial charge is 0.508 e. The molecule has 1 rings (SSSR count). The second kappa shape index (κ2) is 6.25. The fourth-order valence-electron chi connectivity index (χ4n) is 1.64. The molecule has 1 aromatic carbocycles. The molecule has 4 N–H and O–H groups in total. The van der Waals surface area contributed by atoms with Crippen LogP contribution in [0.25, 0.3) is 0 Å². The Kier molecular flexibility index (Phi) is 4.97. The number of hydrogen-bond donors (Lipinski definition) is 3. The Morgan fingerprint density at radius 3 is 2.47 bits per heavy atom. The van der Waals surface area contributed by atoms with Gasteiger partial charge in [0.2, 0.25) is 5.91 Å². The normalized spacial score (nSPS) is 14.2. The van der Waals surface area contributed by atoms with E-state index in [0.717, 1.165) is 12.8 Å². The number of hydrogen-bond acceptors (Lipinski definition) is 3. The number of carbonyl (C=O) groups is 1. The van der Waals surface area contributed by atoms with Gasteiger partial charge in [0.25, 0.3) is 0 Å². The number of aromatic hydroxyl groups is 1. The van der Waals surface area contributed by atoms with E-state index in [9.17, 15) is 4.79 Å². The molecule has 4 heteroatoms. The lowest BCUT2D eigenvalue weighted by atomic mass is 10.1. The van der Waals surface area contributed by atoms with Crippen LogP contribution in [0.2, 0.25) is 0 Å². The molecule has 0 aromatic heterocycles. The first-order valence-corrected chi connectivity index (χ1v) is 5.82. The average molecular weight is 236 g/mol. The fourth-order valence-corrected chi connectivity index (χ4v) is 1.64. The molecule has 0 spiro atoms. The van der Waals surface area contributed by atoms with Crippen molar-refractivity contribution in [3.63, 3.8) is 0 Å². The van der Waals surface area contributed by atoms with Gasteiger partial charge in [0.1, 0.15) is 5.75 Å². The SMILES string of the molecule is CC(CCc1ccc(O)cc1)NC(C)C(N)=O. The van der Waals surface area contributed by atoms with Crippen LogP contribution in [-0.4, -0.2) is 23.1 Å². The molecule has 0 saturated heterocycles. The Morgan fingerprint density at radius 1 is 1.35 bits per heavy atom. The summed E-state index contributed by atoms with van der Waals surface area (Å²) >= 11 is 0. The van der Waals surface area contributed by atoms with Gasteiger partial charge in [-0.25, -0.2) is 0 Å². The minimum absolute atomic E-state index is 0.228. The summed E-state index contributed by atoms with van der Waals surface area (Å²) in [6, 6.07) is 7.09. The van der Waals surface area contributed by atoms with Crippen LogP contribution >= 0.6 is 0 Å². The molecule has 0 aliphatic carbocycles. The Labute approximate surface area is 102 Å². The van der Waals surface area contributed by atoms with Crippen molar-refractivity contribution in [1.29, 1.82) is 0 Å². The molecule has 17 heavy (non-hydrogen) atoms. The summed E-state index contributed by atoms with van der Waals surface area (Å²) in [4.78, 5) is 10.9. The maximum atomic E-state index is 10.9. The molecule has 0 aliphatic heterocycles. The van der Waals surface area contributed by atoms with E-state index in [1.54, 1.807) is 19.1 Å². The number of nitrogens with one attached hydrogen (secondary N) is 1. The lowest BCUT2D eigenvalue weighted by Gasteiger charge is -2.17. The fraction of sp³-hybridized carbons (Fsp3) is 0.462. The second-order valence-electron chi connectivity index (χ2n) is 4.40. The van der Waals surface area contributed by atoms with Crippen LogP contribution in [-0.2, 0) is 11.2 Å². The summed E-state index contributed by atoms with van der Waals surface area (Å²) in [6.07, 6.45) is 1.82. The molecule has 0 bridgehead atoms. The molecule has 2 atom stereocenters. The number of aryl methyl sites for hydroxylation is 1. The Hall–Kier alpha value is -1.55. The van der Waals surface area contributed by atoms with Gasteiger partial charge in [-0.05, 0) is 44.4 Å². The van der Waals surface area contributed by atoms with E-state index >= 15 is 0 Å². The highest BCUT2D eigenvalue weighted by molar-refractivity contribution is 5.79. The summed E-state index contributed by atoms with van der Waals surface area (Å²) in [6.45, 7) is 3.79. The predicted molar refractivity (Wildman–Crippen MR) is 67.7 cm³/mol.